The van der Waals surface area contributed by atoms with Crippen molar-refractivity contribution in [1.82, 2.24) is 4.98 Å². The van der Waals surface area contributed by atoms with Crippen LogP contribution in [0.5, 0.6) is 0 Å². The third-order valence-electron chi connectivity index (χ3n) is 3.85. The zero-order valence-corrected chi connectivity index (χ0v) is 16.5. The van der Waals surface area contributed by atoms with Gasteiger partial charge in [-0.05, 0) is 37.6 Å². The number of carboxylic acids is 1. The van der Waals surface area contributed by atoms with Crippen molar-refractivity contribution in [2.45, 2.75) is 20.3 Å². The molecule has 0 atom stereocenters. The minimum atomic E-state index is -0.896. The number of hydrogen-bond donors (Lipinski definition) is 2. The molecule has 4 nitrogen and oxygen atoms in total. The zero-order chi connectivity index (χ0) is 18.8. The Morgan fingerprint density at radius 2 is 2.00 bits per heavy atom. The molecule has 0 aliphatic rings. The number of aliphatic carboxylic acids is 1. The van der Waals surface area contributed by atoms with Crippen molar-refractivity contribution in [3.05, 3.63) is 62.4 Å². The Morgan fingerprint density at radius 3 is 2.73 bits per heavy atom. The van der Waals surface area contributed by atoms with E-state index in [0.717, 1.165) is 16.7 Å². The maximum atomic E-state index is 11.3. The summed E-state index contributed by atoms with van der Waals surface area (Å²) in [6.45, 7) is 3.98. The second kappa shape index (κ2) is 7.66. The number of anilines is 2. The zero-order valence-electron chi connectivity index (χ0n) is 14.1. The van der Waals surface area contributed by atoms with E-state index < -0.39 is 5.97 Å². The lowest BCUT2D eigenvalue weighted by Crippen LogP contribution is -2.00. The second-order valence-electron chi connectivity index (χ2n) is 5.91. The van der Waals surface area contributed by atoms with Crippen LogP contribution in [0.2, 0.25) is 10.0 Å². The molecule has 0 spiro atoms. The Balaban J connectivity index is 2.06. The summed E-state index contributed by atoms with van der Waals surface area (Å²) >= 11 is 13.6. The van der Waals surface area contributed by atoms with Crippen LogP contribution in [0.1, 0.15) is 16.0 Å². The SMILES string of the molecule is Cc1ccc(C)c(-c2nc(Nc3cccc(Cl)c3Cl)sc2CC(=O)O)c1. The number of carbonyl (C=O) groups is 1. The molecule has 0 fully saturated rings. The Morgan fingerprint density at radius 1 is 1.23 bits per heavy atom. The Kier molecular flexibility index (Phi) is 5.51. The van der Waals surface area contributed by atoms with Gasteiger partial charge in [0.2, 0.25) is 0 Å². The molecule has 1 aromatic heterocycles. The predicted octanol–water partition coefficient (Wildman–Crippen LogP) is 6.10. The average Bonchev–Trinajstić information content (AvgIpc) is 2.95. The molecule has 0 bridgehead atoms. The first kappa shape index (κ1) is 18.7. The quantitative estimate of drug-likeness (QED) is 0.536. The van der Waals surface area contributed by atoms with Crippen molar-refractivity contribution >= 4 is 51.3 Å². The largest absolute Gasteiger partial charge is 0.481 e. The highest BCUT2D eigenvalue weighted by Crippen LogP contribution is 2.37. The highest BCUT2D eigenvalue weighted by molar-refractivity contribution is 7.16. The molecule has 0 saturated heterocycles. The summed E-state index contributed by atoms with van der Waals surface area (Å²) in [5, 5.41) is 13.8. The van der Waals surface area contributed by atoms with Crippen LogP contribution in [0, 0.1) is 13.8 Å². The lowest BCUT2D eigenvalue weighted by molar-refractivity contribution is -0.136. The van der Waals surface area contributed by atoms with Gasteiger partial charge in [0.05, 0.1) is 27.8 Å². The van der Waals surface area contributed by atoms with Gasteiger partial charge in [-0.15, -0.1) is 11.3 Å². The number of hydrogen-bond acceptors (Lipinski definition) is 4. The standard InChI is InChI=1S/C19H16Cl2N2O2S/c1-10-6-7-11(2)12(8-10)18-15(9-16(24)25)26-19(23-18)22-14-5-3-4-13(20)17(14)21/h3-8H,9H2,1-2H3,(H,22,23)(H,24,25). The Hall–Kier alpha value is -2.08. The van der Waals surface area contributed by atoms with Crippen LogP contribution in [0.15, 0.2) is 36.4 Å². The van der Waals surface area contributed by atoms with Gasteiger partial charge in [-0.3, -0.25) is 4.79 Å². The van der Waals surface area contributed by atoms with Crippen molar-refractivity contribution in [3.63, 3.8) is 0 Å². The first-order valence-electron chi connectivity index (χ1n) is 7.85. The van der Waals surface area contributed by atoms with E-state index in [-0.39, 0.29) is 6.42 Å². The van der Waals surface area contributed by atoms with Gasteiger partial charge in [-0.1, -0.05) is 47.0 Å². The molecule has 2 N–H and O–H groups in total. The molecule has 1 heterocycles. The molecular weight excluding hydrogens is 391 g/mol. The van der Waals surface area contributed by atoms with Gasteiger partial charge in [-0.25, -0.2) is 4.98 Å². The Labute approximate surface area is 165 Å². The van der Waals surface area contributed by atoms with Gasteiger partial charge in [-0.2, -0.15) is 0 Å². The Bertz CT molecular complexity index is 986. The summed E-state index contributed by atoms with van der Waals surface area (Å²) < 4.78 is 0. The molecule has 26 heavy (non-hydrogen) atoms. The first-order valence-corrected chi connectivity index (χ1v) is 9.42. The third kappa shape index (κ3) is 4.01. The van der Waals surface area contributed by atoms with Crippen LogP contribution >= 0.6 is 34.5 Å². The van der Waals surface area contributed by atoms with Crippen molar-refractivity contribution in [2.75, 3.05) is 5.32 Å². The maximum absolute atomic E-state index is 11.3. The summed E-state index contributed by atoms with van der Waals surface area (Å²) in [4.78, 5) is 16.6. The second-order valence-corrected chi connectivity index (χ2v) is 7.77. The predicted molar refractivity (Wildman–Crippen MR) is 108 cm³/mol. The number of aryl methyl sites for hydroxylation is 2. The minimum Gasteiger partial charge on any atom is -0.481 e. The van der Waals surface area contributed by atoms with Crippen LogP contribution in [-0.4, -0.2) is 16.1 Å². The van der Waals surface area contributed by atoms with Gasteiger partial charge in [0.1, 0.15) is 0 Å². The number of rotatable bonds is 5. The average molecular weight is 407 g/mol. The molecule has 3 aromatic rings. The van der Waals surface area contributed by atoms with Crippen molar-refractivity contribution in [2.24, 2.45) is 0 Å². The lowest BCUT2D eigenvalue weighted by atomic mass is 10.0. The van der Waals surface area contributed by atoms with Crippen LogP contribution in [-0.2, 0) is 11.2 Å². The van der Waals surface area contributed by atoms with Crippen LogP contribution in [0.25, 0.3) is 11.3 Å². The van der Waals surface area contributed by atoms with E-state index in [2.05, 4.69) is 10.3 Å². The van der Waals surface area contributed by atoms with E-state index in [0.29, 0.717) is 31.4 Å². The molecule has 0 radical (unpaired) electrons. The van der Waals surface area contributed by atoms with Gasteiger partial charge < -0.3 is 10.4 Å². The number of halogens is 2. The molecule has 0 aliphatic heterocycles. The third-order valence-corrected chi connectivity index (χ3v) is 5.64. The molecule has 2 aromatic carbocycles. The summed E-state index contributed by atoms with van der Waals surface area (Å²) in [5.74, 6) is -0.896. The molecule has 134 valence electrons. The van der Waals surface area contributed by atoms with Gasteiger partial charge in [0.15, 0.2) is 5.13 Å². The normalized spacial score (nSPS) is 10.8. The van der Waals surface area contributed by atoms with Crippen molar-refractivity contribution < 1.29 is 9.90 Å². The first-order chi connectivity index (χ1) is 12.3. The van der Waals surface area contributed by atoms with E-state index in [1.54, 1.807) is 18.2 Å². The molecular formula is C19H16Cl2N2O2S. The fourth-order valence-corrected chi connectivity index (χ4v) is 3.91. The molecule has 7 heteroatoms. The smallest absolute Gasteiger partial charge is 0.308 e. The molecule has 0 unspecified atom stereocenters. The van der Waals surface area contributed by atoms with Gasteiger partial charge >= 0.3 is 5.97 Å². The summed E-state index contributed by atoms with van der Waals surface area (Å²) in [6.07, 6.45) is -0.0919. The number of benzene rings is 2. The fraction of sp³-hybridized carbons (Fsp3) is 0.158. The topological polar surface area (TPSA) is 62.2 Å². The van der Waals surface area contributed by atoms with E-state index in [1.807, 2.05) is 32.0 Å². The minimum absolute atomic E-state index is 0.0919. The maximum Gasteiger partial charge on any atom is 0.308 e. The van der Waals surface area contributed by atoms with Crippen molar-refractivity contribution in [1.29, 1.82) is 0 Å². The molecule has 3 rings (SSSR count). The summed E-state index contributed by atoms with van der Waals surface area (Å²) in [7, 11) is 0. The number of thiazole rings is 1. The van der Waals surface area contributed by atoms with Crippen LogP contribution in [0.3, 0.4) is 0 Å². The van der Waals surface area contributed by atoms with E-state index in [9.17, 15) is 9.90 Å². The lowest BCUT2D eigenvalue weighted by Gasteiger charge is -2.07. The highest BCUT2D eigenvalue weighted by Gasteiger charge is 2.18. The fourth-order valence-electron chi connectivity index (χ4n) is 2.58. The van der Waals surface area contributed by atoms with E-state index >= 15 is 0 Å². The number of aromatic nitrogens is 1. The van der Waals surface area contributed by atoms with E-state index in [1.165, 1.54) is 11.3 Å². The van der Waals surface area contributed by atoms with Crippen LogP contribution < -0.4 is 5.32 Å². The highest BCUT2D eigenvalue weighted by atomic mass is 35.5. The van der Waals surface area contributed by atoms with Crippen molar-refractivity contribution in [3.8, 4) is 11.3 Å². The number of nitrogens with zero attached hydrogens (tertiary/aromatic N) is 1. The molecule has 0 amide bonds. The summed E-state index contributed by atoms with van der Waals surface area (Å²) in [5.41, 5.74) is 4.37. The molecule has 0 saturated carbocycles. The summed E-state index contributed by atoms with van der Waals surface area (Å²) in [6, 6.07) is 11.3. The number of nitrogens with one attached hydrogen (secondary N) is 1. The van der Waals surface area contributed by atoms with E-state index in [4.69, 9.17) is 23.2 Å². The molecule has 0 aliphatic carbocycles. The number of carboxylic acid groups (broad SMARTS) is 1. The van der Waals surface area contributed by atoms with Crippen LogP contribution in [0.4, 0.5) is 10.8 Å². The monoisotopic (exact) mass is 406 g/mol. The van der Waals surface area contributed by atoms with Gasteiger partial charge in [0.25, 0.3) is 0 Å². The van der Waals surface area contributed by atoms with Gasteiger partial charge in [0, 0.05) is 10.4 Å².